The lowest BCUT2D eigenvalue weighted by molar-refractivity contribution is 0.0821. The van der Waals surface area contributed by atoms with Gasteiger partial charge in [0, 0.05) is 20.3 Å². The highest BCUT2D eigenvalue weighted by molar-refractivity contribution is 5.91. The van der Waals surface area contributed by atoms with Gasteiger partial charge < -0.3 is 10.6 Å². The van der Waals surface area contributed by atoms with Crippen LogP contribution >= 0.6 is 0 Å². The zero-order valence-electron chi connectivity index (χ0n) is 10.1. The lowest BCUT2D eigenvalue weighted by atomic mass is 10.2. The third-order valence-electron chi connectivity index (χ3n) is 2.49. The van der Waals surface area contributed by atoms with E-state index in [1.165, 1.54) is 21.7 Å². The smallest absolute Gasteiger partial charge is 0.273 e. The molecule has 18 heavy (non-hydrogen) atoms. The summed E-state index contributed by atoms with van der Waals surface area (Å²) in [4.78, 5) is 13.1. The molecule has 0 saturated heterocycles. The predicted octanol–water partition coefficient (Wildman–Crippen LogP) is 1.30. The molecule has 1 amide bonds. The van der Waals surface area contributed by atoms with Crippen molar-refractivity contribution in [1.82, 2.24) is 14.7 Å². The average molecular weight is 248 g/mol. The zero-order valence-corrected chi connectivity index (χ0v) is 10.1. The maximum atomic E-state index is 13.3. The second-order valence-corrected chi connectivity index (χ2v) is 4.02. The number of carbonyl (C=O) groups is 1. The van der Waals surface area contributed by atoms with E-state index < -0.39 is 5.82 Å². The molecule has 1 heterocycles. The third kappa shape index (κ3) is 2.04. The Balaban J connectivity index is 2.41. The van der Waals surface area contributed by atoms with Gasteiger partial charge in [0.2, 0.25) is 0 Å². The summed E-state index contributed by atoms with van der Waals surface area (Å²) in [5.41, 5.74) is 6.32. The highest BCUT2D eigenvalue weighted by Crippen LogP contribution is 2.19. The van der Waals surface area contributed by atoms with Gasteiger partial charge in [-0.1, -0.05) is 6.07 Å². The molecule has 0 bridgehead atoms. The number of nitrogens with zero attached hydrogens (tertiary/aromatic N) is 3. The summed E-state index contributed by atoms with van der Waals surface area (Å²) >= 11 is 0. The van der Waals surface area contributed by atoms with E-state index in [1.807, 2.05) is 0 Å². The molecule has 2 aromatic rings. The van der Waals surface area contributed by atoms with Gasteiger partial charge in [-0.05, 0) is 18.2 Å². The van der Waals surface area contributed by atoms with Crippen LogP contribution in [0.2, 0.25) is 0 Å². The van der Waals surface area contributed by atoms with E-state index in [9.17, 15) is 9.18 Å². The number of amides is 1. The predicted molar refractivity (Wildman–Crippen MR) is 66.0 cm³/mol. The van der Waals surface area contributed by atoms with E-state index in [4.69, 9.17) is 5.73 Å². The van der Waals surface area contributed by atoms with Gasteiger partial charge >= 0.3 is 0 Å². The Morgan fingerprint density at radius 1 is 1.39 bits per heavy atom. The van der Waals surface area contributed by atoms with Gasteiger partial charge in [0.15, 0.2) is 5.69 Å². The summed E-state index contributed by atoms with van der Waals surface area (Å²) in [6, 6.07) is 6.01. The van der Waals surface area contributed by atoms with Crippen LogP contribution < -0.4 is 5.73 Å². The number of rotatable bonds is 2. The summed E-state index contributed by atoms with van der Waals surface area (Å²) in [5.74, 6) is -0.729. The van der Waals surface area contributed by atoms with E-state index in [2.05, 4.69) is 5.10 Å². The molecule has 0 spiro atoms. The van der Waals surface area contributed by atoms with Gasteiger partial charge in [0.1, 0.15) is 5.82 Å². The zero-order chi connectivity index (χ0) is 13.3. The molecule has 0 radical (unpaired) electrons. The first-order valence-electron chi connectivity index (χ1n) is 5.32. The Morgan fingerprint density at radius 2 is 2.11 bits per heavy atom. The van der Waals surface area contributed by atoms with Gasteiger partial charge in [-0.25, -0.2) is 9.07 Å². The minimum Gasteiger partial charge on any atom is -0.395 e. The maximum absolute atomic E-state index is 13.3. The summed E-state index contributed by atoms with van der Waals surface area (Å²) in [7, 11) is 3.27. The van der Waals surface area contributed by atoms with Crippen LogP contribution in [0.1, 0.15) is 10.5 Å². The molecule has 1 aromatic heterocycles. The Morgan fingerprint density at radius 3 is 2.78 bits per heavy atom. The van der Waals surface area contributed by atoms with Crippen molar-refractivity contribution in [2.45, 2.75) is 0 Å². The number of halogens is 1. The fourth-order valence-electron chi connectivity index (χ4n) is 1.53. The summed E-state index contributed by atoms with van der Waals surface area (Å²) < 4.78 is 14.7. The van der Waals surface area contributed by atoms with Crippen LogP contribution in [0, 0.1) is 5.82 Å². The van der Waals surface area contributed by atoms with E-state index in [0.29, 0.717) is 5.69 Å². The van der Waals surface area contributed by atoms with Crippen LogP contribution in [0.4, 0.5) is 10.1 Å². The molecule has 0 aliphatic carbocycles. The molecule has 0 fully saturated rings. The van der Waals surface area contributed by atoms with Gasteiger partial charge in [0.05, 0.1) is 11.4 Å². The number of aromatic nitrogens is 2. The number of nitrogen functional groups attached to an aromatic ring is 1. The second-order valence-electron chi connectivity index (χ2n) is 4.02. The van der Waals surface area contributed by atoms with Crippen LogP contribution in [0.3, 0.4) is 0 Å². The Bertz CT molecular complexity index is 592. The first-order chi connectivity index (χ1) is 8.50. The van der Waals surface area contributed by atoms with Crippen molar-refractivity contribution in [2.75, 3.05) is 19.8 Å². The number of anilines is 1. The number of benzene rings is 1. The van der Waals surface area contributed by atoms with Gasteiger partial charge in [-0.2, -0.15) is 5.10 Å². The Labute approximate surface area is 104 Å². The average Bonchev–Trinajstić information content (AvgIpc) is 2.80. The molecule has 2 N–H and O–H groups in total. The minimum atomic E-state index is -0.511. The van der Waals surface area contributed by atoms with Crippen molar-refractivity contribution in [3.63, 3.8) is 0 Å². The first kappa shape index (κ1) is 12.1. The molecule has 0 aliphatic heterocycles. The lowest BCUT2D eigenvalue weighted by Gasteiger charge is -2.08. The molecular weight excluding hydrogens is 235 g/mol. The van der Waals surface area contributed by atoms with E-state index in [-0.39, 0.29) is 17.3 Å². The number of para-hydroxylation sites is 1. The van der Waals surface area contributed by atoms with Crippen molar-refractivity contribution in [1.29, 1.82) is 0 Å². The van der Waals surface area contributed by atoms with Crippen molar-refractivity contribution in [3.05, 3.63) is 42.0 Å². The SMILES string of the molecule is CN(C)C(=O)c1ccn(-c2cccc(F)c2N)n1. The summed E-state index contributed by atoms with van der Waals surface area (Å²) in [6.07, 6.45) is 1.57. The molecule has 5 nitrogen and oxygen atoms in total. The molecule has 0 aliphatic rings. The first-order valence-corrected chi connectivity index (χ1v) is 5.32. The van der Waals surface area contributed by atoms with Crippen LogP contribution in [-0.2, 0) is 0 Å². The number of nitrogens with two attached hydrogens (primary N) is 1. The van der Waals surface area contributed by atoms with Gasteiger partial charge in [-0.3, -0.25) is 4.79 Å². The maximum Gasteiger partial charge on any atom is 0.273 e. The molecule has 0 atom stereocenters. The van der Waals surface area contributed by atoms with Gasteiger partial charge in [0.25, 0.3) is 5.91 Å². The highest BCUT2D eigenvalue weighted by atomic mass is 19.1. The quantitative estimate of drug-likeness (QED) is 0.815. The van der Waals surface area contributed by atoms with E-state index in [1.54, 1.807) is 32.4 Å². The van der Waals surface area contributed by atoms with Crippen molar-refractivity contribution < 1.29 is 9.18 Å². The van der Waals surface area contributed by atoms with E-state index in [0.717, 1.165) is 0 Å². The molecular formula is C12H13FN4O. The topological polar surface area (TPSA) is 64.2 Å². The molecule has 1 aromatic carbocycles. The fourth-order valence-corrected chi connectivity index (χ4v) is 1.53. The Kier molecular flexibility index (Phi) is 3.01. The van der Waals surface area contributed by atoms with Crippen molar-refractivity contribution in [3.8, 4) is 5.69 Å². The molecule has 94 valence electrons. The van der Waals surface area contributed by atoms with Crippen LogP contribution in [-0.4, -0.2) is 34.7 Å². The Hall–Kier alpha value is -2.37. The van der Waals surface area contributed by atoms with Crippen LogP contribution in [0.15, 0.2) is 30.5 Å². The third-order valence-corrected chi connectivity index (χ3v) is 2.49. The second kappa shape index (κ2) is 4.48. The molecule has 0 unspecified atom stereocenters. The van der Waals surface area contributed by atoms with Crippen molar-refractivity contribution in [2.24, 2.45) is 0 Å². The summed E-state index contributed by atoms with van der Waals surface area (Å²) in [6.45, 7) is 0. The highest BCUT2D eigenvalue weighted by Gasteiger charge is 2.13. The monoisotopic (exact) mass is 248 g/mol. The number of hydrogen-bond acceptors (Lipinski definition) is 3. The fraction of sp³-hybridized carbons (Fsp3) is 0.167. The van der Waals surface area contributed by atoms with Crippen molar-refractivity contribution >= 4 is 11.6 Å². The normalized spacial score (nSPS) is 10.4. The lowest BCUT2D eigenvalue weighted by Crippen LogP contribution is -2.22. The summed E-state index contributed by atoms with van der Waals surface area (Å²) in [5, 5.41) is 4.08. The van der Waals surface area contributed by atoms with Gasteiger partial charge in [-0.15, -0.1) is 0 Å². The minimum absolute atomic E-state index is 0.00412. The number of carbonyl (C=O) groups excluding carboxylic acids is 1. The standard InChI is InChI=1S/C12H13FN4O/c1-16(2)12(18)9-6-7-17(15-9)10-5-3-4-8(13)11(10)14/h3-7H,14H2,1-2H3. The molecule has 2 rings (SSSR count). The largest absolute Gasteiger partial charge is 0.395 e. The van der Waals surface area contributed by atoms with Crippen LogP contribution in [0.5, 0.6) is 0 Å². The molecule has 0 saturated carbocycles. The molecule has 6 heteroatoms. The number of hydrogen-bond donors (Lipinski definition) is 1. The van der Waals surface area contributed by atoms with Crippen LogP contribution in [0.25, 0.3) is 5.69 Å². The van der Waals surface area contributed by atoms with E-state index >= 15 is 0 Å².